The molecule has 0 saturated heterocycles. The summed E-state index contributed by atoms with van der Waals surface area (Å²) >= 11 is 8.81. The first-order valence-electron chi connectivity index (χ1n) is 4.38. The fourth-order valence-corrected chi connectivity index (χ4v) is 2.43. The van der Waals surface area contributed by atoms with Gasteiger partial charge in [-0.25, -0.2) is 4.39 Å². The molecule has 1 aromatic carbocycles. The maximum Gasteiger partial charge on any atom is 0.137 e. The fourth-order valence-electron chi connectivity index (χ4n) is 1.29. The van der Waals surface area contributed by atoms with Crippen LogP contribution in [0.2, 0.25) is 0 Å². The van der Waals surface area contributed by atoms with Crippen molar-refractivity contribution in [2.75, 3.05) is 0 Å². The van der Waals surface area contributed by atoms with Crippen molar-refractivity contribution in [3.63, 3.8) is 0 Å². The van der Waals surface area contributed by atoms with Gasteiger partial charge in [0.15, 0.2) is 0 Å². The maximum atomic E-state index is 13.5. The molecule has 0 N–H and O–H groups in total. The SMILES string of the molecule is Fc1ccc(Br)cc1Cn1cc(Br)c(I)n1. The molecule has 0 saturated carbocycles. The van der Waals surface area contributed by atoms with Crippen LogP contribution in [-0.4, -0.2) is 9.78 Å². The highest BCUT2D eigenvalue weighted by Crippen LogP contribution is 2.20. The van der Waals surface area contributed by atoms with Crippen LogP contribution in [0, 0.1) is 9.52 Å². The summed E-state index contributed by atoms with van der Waals surface area (Å²) in [6.45, 7) is 0.423. The number of aromatic nitrogens is 2. The van der Waals surface area contributed by atoms with E-state index in [0.29, 0.717) is 12.1 Å². The van der Waals surface area contributed by atoms with Crippen LogP contribution < -0.4 is 0 Å². The lowest BCUT2D eigenvalue weighted by Gasteiger charge is -2.03. The van der Waals surface area contributed by atoms with Gasteiger partial charge in [0, 0.05) is 16.2 Å². The van der Waals surface area contributed by atoms with Crippen LogP contribution in [0.25, 0.3) is 0 Å². The second-order valence-electron chi connectivity index (χ2n) is 3.20. The average Bonchev–Trinajstić information content (AvgIpc) is 2.52. The summed E-state index contributed by atoms with van der Waals surface area (Å²) in [7, 11) is 0. The molecule has 0 atom stereocenters. The highest BCUT2D eigenvalue weighted by Gasteiger charge is 2.07. The van der Waals surface area contributed by atoms with E-state index in [1.807, 2.05) is 6.20 Å². The molecule has 0 bridgehead atoms. The van der Waals surface area contributed by atoms with E-state index in [0.717, 1.165) is 12.6 Å². The molecule has 0 fully saturated rings. The Morgan fingerprint density at radius 1 is 1.38 bits per heavy atom. The quantitative estimate of drug-likeness (QED) is 0.615. The minimum atomic E-state index is -0.218. The molecule has 0 unspecified atom stereocenters. The number of hydrogen-bond donors (Lipinski definition) is 0. The first-order valence-corrected chi connectivity index (χ1v) is 7.05. The summed E-state index contributed by atoms with van der Waals surface area (Å²) in [5.74, 6) is -0.218. The number of benzene rings is 1. The van der Waals surface area contributed by atoms with Crippen LogP contribution in [0.4, 0.5) is 4.39 Å². The summed E-state index contributed by atoms with van der Waals surface area (Å²) in [6, 6.07) is 4.89. The third kappa shape index (κ3) is 2.84. The van der Waals surface area contributed by atoms with Gasteiger partial charge in [0.25, 0.3) is 0 Å². The zero-order chi connectivity index (χ0) is 11.7. The van der Waals surface area contributed by atoms with Crippen LogP contribution in [-0.2, 0) is 6.54 Å². The molecule has 2 rings (SSSR count). The number of rotatable bonds is 2. The van der Waals surface area contributed by atoms with Gasteiger partial charge < -0.3 is 0 Å². The smallest absolute Gasteiger partial charge is 0.137 e. The lowest BCUT2D eigenvalue weighted by atomic mass is 10.2. The Morgan fingerprint density at radius 2 is 2.12 bits per heavy atom. The Kier molecular flexibility index (Phi) is 4.01. The van der Waals surface area contributed by atoms with Crippen molar-refractivity contribution < 1.29 is 4.39 Å². The minimum absolute atomic E-state index is 0.218. The van der Waals surface area contributed by atoms with E-state index in [1.165, 1.54) is 6.07 Å². The van der Waals surface area contributed by atoms with E-state index in [4.69, 9.17) is 0 Å². The molecule has 16 heavy (non-hydrogen) atoms. The zero-order valence-electron chi connectivity index (χ0n) is 7.92. The molecule has 0 aliphatic heterocycles. The molecule has 1 heterocycles. The fraction of sp³-hybridized carbons (Fsp3) is 0.100. The van der Waals surface area contributed by atoms with Crippen molar-refractivity contribution in [3.8, 4) is 0 Å². The summed E-state index contributed by atoms with van der Waals surface area (Å²) < 4.78 is 17.8. The summed E-state index contributed by atoms with van der Waals surface area (Å²) in [5.41, 5.74) is 0.612. The van der Waals surface area contributed by atoms with Gasteiger partial charge in [0.2, 0.25) is 0 Å². The largest absolute Gasteiger partial charge is 0.266 e. The van der Waals surface area contributed by atoms with Crippen LogP contribution in [0.15, 0.2) is 33.3 Å². The molecule has 84 valence electrons. The first kappa shape index (κ1) is 12.5. The minimum Gasteiger partial charge on any atom is -0.266 e. The molecule has 0 aliphatic rings. The van der Waals surface area contributed by atoms with E-state index in [9.17, 15) is 4.39 Å². The monoisotopic (exact) mass is 458 g/mol. The third-order valence-electron chi connectivity index (χ3n) is 2.02. The van der Waals surface area contributed by atoms with Gasteiger partial charge in [-0.1, -0.05) is 15.9 Å². The van der Waals surface area contributed by atoms with E-state index in [2.05, 4.69) is 59.5 Å². The number of halogens is 4. The number of hydrogen-bond acceptors (Lipinski definition) is 1. The molecule has 0 amide bonds. The van der Waals surface area contributed by atoms with Crippen LogP contribution in [0.3, 0.4) is 0 Å². The Bertz CT molecular complexity index is 508. The highest BCUT2D eigenvalue weighted by atomic mass is 127. The molecule has 0 spiro atoms. The van der Waals surface area contributed by atoms with Gasteiger partial charge in [-0.05, 0) is 56.7 Å². The molecule has 6 heteroatoms. The third-order valence-corrected chi connectivity index (χ3v) is 4.63. The van der Waals surface area contributed by atoms with Gasteiger partial charge in [-0.3, -0.25) is 4.68 Å². The molecular formula is C10H6Br2FIN2. The van der Waals surface area contributed by atoms with Gasteiger partial charge in [0.05, 0.1) is 11.0 Å². The van der Waals surface area contributed by atoms with Crippen LogP contribution in [0.5, 0.6) is 0 Å². The molecular weight excluding hydrogens is 454 g/mol. The first-order chi connectivity index (χ1) is 7.56. The van der Waals surface area contributed by atoms with Crippen molar-refractivity contribution in [1.82, 2.24) is 9.78 Å². The van der Waals surface area contributed by atoms with E-state index < -0.39 is 0 Å². The predicted octanol–water partition coefficient (Wildman–Crippen LogP) is 4.20. The standard InChI is InChI=1S/C10H6Br2FIN2/c11-7-1-2-9(13)6(3-7)4-16-5-8(12)10(14)15-16/h1-3,5H,4H2. The second-order valence-corrected chi connectivity index (χ2v) is 5.99. The molecule has 2 aromatic rings. The molecule has 0 aliphatic carbocycles. The van der Waals surface area contributed by atoms with E-state index in [1.54, 1.807) is 16.8 Å². The lowest BCUT2D eigenvalue weighted by Crippen LogP contribution is -2.02. The van der Waals surface area contributed by atoms with Crippen LogP contribution >= 0.6 is 54.5 Å². The Labute approximate surface area is 123 Å². The molecule has 1 aromatic heterocycles. The Morgan fingerprint density at radius 3 is 2.75 bits per heavy atom. The van der Waals surface area contributed by atoms with Gasteiger partial charge in [-0.2, -0.15) is 5.10 Å². The van der Waals surface area contributed by atoms with Crippen LogP contribution in [0.1, 0.15) is 5.56 Å². The Hall–Kier alpha value is 0.0500. The second kappa shape index (κ2) is 5.14. The predicted molar refractivity (Wildman–Crippen MR) is 75.8 cm³/mol. The summed E-state index contributed by atoms with van der Waals surface area (Å²) in [6.07, 6.45) is 1.84. The van der Waals surface area contributed by atoms with Gasteiger partial charge in [-0.15, -0.1) is 0 Å². The average molecular weight is 460 g/mol. The topological polar surface area (TPSA) is 17.8 Å². The number of nitrogens with zero attached hydrogens (tertiary/aromatic N) is 2. The van der Waals surface area contributed by atoms with Crippen molar-refractivity contribution >= 4 is 54.5 Å². The van der Waals surface area contributed by atoms with Crippen molar-refractivity contribution in [2.45, 2.75) is 6.54 Å². The van der Waals surface area contributed by atoms with Crippen molar-refractivity contribution in [3.05, 3.63) is 48.4 Å². The van der Waals surface area contributed by atoms with E-state index in [-0.39, 0.29) is 5.82 Å². The van der Waals surface area contributed by atoms with Gasteiger partial charge in [0.1, 0.15) is 9.52 Å². The highest BCUT2D eigenvalue weighted by molar-refractivity contribution is 14.1. The zero-order valence-corrected chi connectivity index (χ0v) is 13.3. The van der Waals surface area contributed by atoms with Crippen molar-refractivity contribution in [1.29, 1.82) is 0 Å². The summed E-state index contributed by atoms with van der Waals surface area (Å²) in [4.78, 5) is 0. The van der Waals surface area contributed by atoms with Gasteiger partial charge >= 0.3 is 0 Å². The Balaban J connectivity index is 2.29. The molecule has 0 radical (unpaired) electrons. The molecule has 2 nitrogen and oxygen atoms in total. The van der Waals surface area contributed by atoms with Crippen molar-refractivity contribution in [2.24, 2.45) is 0 Å². The summed E-state index contributed by atoms with van der Waals surface area (Å²) in [5, 5.41) is 4.25. The van der Waals surface area contributed by atoms with E-state index >= 15 is 0 Å². The lowest BCUT2D eigenvalue weighted by molar-refractivity contribution is 0.583. The normalized spacial score (nSPS) is 10.8. The maximum absolute atomic E-state index is 13.5.